The van der Waals surface area contributed by atoms with Crippen molar-refractivity contribution < 1.29 is 24.0 Å². The zero-order chi connectivity index (χ0) is 22.8. The molecule has 1 heterocycles. The molecule has 0 radical (unpaired) electrons. The van der Waals surface area contributed by atoms with E-state index in [1.807, 2.05) is 0 Å². The second-order valence-electron chi connectivity index (χ2n) is 11.3. The van der Waals surface area contributed by atoms with Crippen LogP contribution in [0.15, 0.2) is 9.42 Å². The largest absolute Gasteiger partial charge is 0.474 e. The average molecular weight is 476 g/mol. The molecule has 2 amide bonds. The number of nitrogens with two attached hydrogens (primary N) is 1. The molecule has 1 aromatic heterocycles. The molecule has 8 nitrogen and oxygen atoms in total. The molecule has 4 bridgehead atoms. The summed E-state index contributed by atoms with van der Waals surface area (Å²) in [6.07, 6.45) is 10.4. The van der Waals surface area contributed by atoms with E-state index in [9.17, 15) is 14.7 Å². The van der Waals surface area contributed by atoms with Gasteiger partial charge in [0, 0.05) is 11.3 Å². The number of primary amides is 1. The number of hydrogen-bond donors (Lipinski definition) is 3. The van der Waals surface area contributed by atoms with Gasteiger partial charge in [0.15, 0.2) is 0 Å². The molecule has 4 N–H and O–H groups in total. The van der Waals surface area contributed by atoms with Gasteiger partial charge in [-0.15, -0.1) is 11.8 Å². The highest BCUT2D eigenvalue weighted by atomic mass is 32.2. The summed E-state index contributed by atoms with van der Waals surface area (Å²) in [7, 11) is 0. The summed E-state index contributed by atoms with van der Waals surface area (Å²) in [6.45, 7) is 0.168. The van der Waals surface area contributed by atoms with Crippen molar-refractivity contribution in [2.45, 2.75) is 92.4 Å². The van der Waals surface area contributed by atoms with Crippen LogP contribution in [0, 0.1) is 23.2 Å². The Hall–Kier alpha value is -1.74. The summed E-state index contributed by atoms with van der Waals surface area (Å²) in [5.74, 6) is 1.13. The topological polar surface area (TPSA) is 128 Å². The summed E-state index contributed by atoms with van der Waals surface area (Å²) in [6, 6.07) is 0.0680. The average Bonchev–Trinajstić information content (AvgIpc) is 3.08. The van der Waals surface area contributed by atoms with Crippen LogP contribution in [-0.4, -0.2) is 45.6 Å². The number of amides is 2. The molecule has 6 fully saturated rings. The molecule has 1 aromatic rings. The highest BCUT2D eigenvalue weighted by Gasteiger charge is 2.55. The van der Waals surface area contributed by atoms with E-state index in [0.717, 1.165) is 64.2 Å². The third kappa shape index (κ3) is 3.75. The summed E-state index contributed by atoms with van der Waals surface area (Å²) >= 11 is 1.60. The molecule has 0 aromatic carbocycles. The van der Waals surface area contributed by atoms with Crippen LogP contribution in [0.25, 0.3) is 0 Å². The number of rotatable bonds is 8. The maximum Gasteiger partial charge on any atom is 0.291 e. The minimum Gasteiger partial charge on any atom is -0.474 e. The van der Waals surface area contributed by atoms with E-state index in [1.54, 1.807) is 11.8 Å². The molecule has 2 atom stereocenters. The maximum atomic E-state index is 13.4. The Labute approximate surface area is 197 Å². The standard InChI is InChI=1S/C24H33N3O5S/c25-22(29)23(5-2-6-23)12-31-21-19(33-16-3-1-4-16)18(32-27-21)20(28)26-17-14-7-13-8-15(17)11-24(30,9-13)10-14/h13-17,30H,1-12H2,(H2,25,29)(H,26,28). The van der Waals surface area contributed by atoms with Gasteiger partial charge in [0.05, 0.1) is 11.0 Å². The van der Waals surface area contributed by atoms with Crippen molar-refractivity contribution in [3.63, 3.8) is 0 Å². The lowest BCUT2D eigenvalue weighted by Gasteiger charge is -2.58. The first kappa shape index (κ1) is 21.8. The number of hydrogen-bond acceptors (Lipinski definition) is 7. The van der Waals surface area contributed by atoms with Crippen LogP contribution in [0.3, 0.4) is 0 Å². The Morgan fingerprint density at radius 3 is 2.45 bits per heavy atom. The van der Waals surface area contributed by atoms with Crippen LogP contribution in [-0.2, 0) is 4.79 Å². The fourth-order valence-corrected chi connectivity index (χ4v) is 8.31. The van der Waals surface area contributed by atoms with E-state index >= 15 is 0 Å². The molecular formula is C24H33N3O5S. The van der Waals surface area contributed by atoms with Gasteiger partial charge in [0.1, 0.15) is 11.5 Å². The van der Waals surface area contributed by atoms with Gasteiger partial charge in [-0.05, 0) is 80.7 Å². The van der Waals surface area contributed by atoms with Gasteiger partial charge < -0.3 is 25.4 Å². The molecular weight excluding hydrogens is 442 g/mol. The van der Waals surface area contributed by atoms with Gasteiger partial charge in [-0.2, -0.15) is 0 Å². The fourth-order valence-electron chi connectivity index (χ4n) is 6.97. The first-order chi connectivity index (χ1) is 15.8. The van der Waals surface area contributed by atoms with Crippen molar-refractivity contribution in [2.24, 2.45) is 28.9 Å². The van der Waals surface area contributed by atoms with E-state index in [2.05, 4.69) is 10.5 Å². The lowest BCUT2D eigenvalue weighted by Crippen LogP contribution is -2.61. The van der Waals surface area contributed by atoms with E-state index < -0.39 is 11.0 Å². The summed E-state index contributed by atoms with van der Waals surface area (Å²) in [5, 5.41) is 18.6. The number of aliphatic hydroxyl groups is 1. The smallest absolute Gasteiger partial charge is 0.291 e. The first-order valence-corrected chi connectivity index (χ1v) is 13.3. The molecule has 6 aliphatic rings. The van der Waals surface area contributed by atoms with E-state index in [0.29, 0.717) is 33.8 Å². The Morgan fingerprint density at radius 1 is 1.18 bits per heavy atom. The van der Waals surface area contributed by atoms with Crippen LogP contribution in [0.1, 0.15) is 81.2 Å². The number of ether oxygens (including phenoxy) is 1. The van der Waals surface area contributed by atoms with E-state index in [4.69, 9.17) is 15.0 Å². The number of thioether (sulfide) groups is 1. The Morgan fingerprint density at radius 2 is 1.91 bits per heavy atom. The van der Waals surface area contributed by atoms with E-state index in [-0.39, 0.29) is 30.2 Å². The summed E-state index contributed by atoms with van der Waals surface area (Å²) < 4.78 is 11.5. The normalized spacial score (nSPS) is 36.2. The predicted octanol–water partition coefficient (Wildman–Crippen LogP) is 3.02. The third-order valence-corrected chi connectivity index (χ3v) is 10.4. The zero-order valence-electron chi connectivity index (χ0n) is 18.9. The number of aromatic nitrogens is 1. The zero-order valence-corrected chi connectivity index (χ0v) is 19.7. The van der Waals surface area contributed by atoms with Gasteiger partial charge in [-0.25, -0.2) is 0 Å². The molecule has 180 valence electrons. The van der Waals surface area contributed by atoms with Crippen molar-refractivity contribution in [3.05, 3.63) is 5.76 Å². The molecule has 33 heavy (non-hydrogen) atoms. The predicted molar refractivity (Wildman–Crippen MR) is 121 cm³/mol. The van der Waals surface area contributed by atoms with Crippen molar-refractivity contribution in [1.82, 2.24) is 10.5 Å². The number of carbonyl (C=O) groups excluding carboxylic acids is 2. The van der Waals surface area contributed by atoms with Crippen LogP contribution in [0.5, 0.6) is 5.88 Å². The second-order valence-corrected chi connectivity index (χ2v) is 12.6. The molecule has 9 heteroatoms. The number of nitrogens with one attached hydrogen (secondary N) is 1. The van der Waals surface area contributed by atoms with Gasteiger partial charge in [0.2, 0.25) is 11.7 Å². The fraction of sp³-hybridized carbons (Fsp3) is 0.792. The molecule has 0 spiro atoms. The molecule has 2 unspecified atom stereocenters. The lowest BCUT2D eigenvalue weighted by atomic mass is 9.52. The summed E-state index contributed by atoms with van der Waals surface area (Å²) in [4.78, 5) is 25.9. The lowest BCUT2D eigenvalue weighted by molar-refractivity contribution is -0.137. The second kappa shape index (κ2) is 7.90. The molecule has 6 aliphatic carbocycles. The van der Waals surface area contributed by atoms with Gasteiger partial charge in [-0.1, -0.05) is 12.8 Å². The quantitative estimate of drug-likeness (QED) is 0.527. The third-order valence-electron chi connectivity index (χ3n) is 9.02. The van der Waals surface area contributed by atoms with Crippen molar-refractivity contribution in [2.75, 3.05) is 6.61 Å². The summed E-state index contributed by atoms with van der Waals surface area (Å²) in [5.41, 5.74) is 4.45. The minimum absolute atomic E-state index is 0.0680. The molecule has 6 saturated carbocycles. The highest BCUT2D eigenvalue weighted by Crippen LogP contribution is 2.55. The molecule has 7 rings (SSSR count). The van der Waals surface area contributed by atoms with Gasteiger partial charge >= 0.3 is 0 Å². The van der Waals surface area contributed by atoms with Crippen molar-refractivity contribution >= 4 is 23.6 Å². The van der Waals surface area contributed by atoms with E-state index in [1.165, 1.54) is 6.42 Å². The molecule has 0 aliphatic heterocycles. The van der Waals surface area contributed by atoms with Crippen LogP contribution >= 0.6 is 11.8 Å². The minimum atomic E-state index is -0.638. The van der Waals surface area contributed by atoms with Crippen molar-refractivity contribution in [1.29, 1.82) is 0 Å². The Kier molecular flexibility index (Phi) is 5.21. The molecule has 0 saturated heterocycles. The first-order valence-electron chi connectivity index (χ1n) is 12.5. The number of carbonyl (C=O) groups is 2. The Balaban J connectivity index is 1.19. The van der Waals surface area contributed by atoms with Gasteiger partial charge in [0.25, 0.3) is 11.8 Å². The van der Waals surface area contributed by atoms with Crippen LogP contribution in [0.4, 0.5) is 0 Å². The SMILES string of the molecule is NC(=O)C1(COc2noc(C(=O)NC3C4CC5CC3CC(O)(C5)C4)c2SC2CCC2)CCC1. The van der Waals surface area contributed by atoms with Crippen LogP contribution in [0.2, 0.25) is 0 Å². The Bertz CT molecular complexity index is 940. The highest BCUT2D eigenvalue weighted by molar-refractivity contribution is 8.00. The van der Waals surface area contributed by atoms with Crippen LogP contribution < -0.4 is 15.8 Å². The number of nitrogens with zero attached hydrogens (tertiary/aromatic N) is 1. The maximum absolute atomic E-state index is 13.4. The van der Waals surface area contributed by atoms with Crippen molar-refractivity contribution in [3.8, 4) is 5.88 Å². The van der Waals surface area contributed by atoms with Gasteiger partial charge in [-0.3, -0.25) is 9.59 Å². The monoisotopic (exact) mass is 475 g/mol.